The third-order valence-electron chi connectivity index (χ3n) is 4.91. The molecule has 152 valence electrons. The van der Waals surface area contributed by atoms with Crippen LogP contribution >= 0.6 is 0 Å². The number of aliphatic hydroxyl groups excluding tert-OH is 2. The van der Waals surface area contributed by atoms with Gasteiger partial charge in [-0.25, -0.2) is 0 Å². The molecule has 1 aliphatic carbocycles. The molecule has 7 heteroatoms. The molecule has 1 saturated carbocycles. The van der Waals surface area contributed by atoms with Gasteiger partial charge in [-0.2, -0.15) is 0 Å². The second kappa shape index (κ2) is 10.3. The molecule has 0 spiro atoms. The van der Waals surface area contributed by atoms with Gasteiger partial charge < -0.3 is 25.8 Å². The third-order valence-corrected chi connectivity index (χ3v) is 4.91. The molecule has 0 amide bonds. The lowest BCUT2D eigenvalue weighted by atomic mass is 9.81. The maximum absolute atomic E-state index is 12.0. The molecule has 1 aromatic rings. The van der Waals surface area contributed by atoms with Crippen LogP contribution in [-0.2, 0) is 20.9 Å². The summed E-state index contributed by atoms with van der Waals surface area (Å²) in [5, 5.41) is 28.5. The second-order valence-electron chi connectivity index (χ2n) is 6.99. The van der Waals surface area contributed by atoms with E-state index in [0.717, 1.165) is 0 Å². The topological polar surface area (TPSA) is 130 Å². The smallest absolute Gasteiger partial charge is 0.163 e. The summed E-state index contributed by atoms with van der Waals surface area (Å²) in [6.45, 7) is -0.311. The van der Waals surface area contributed by atoms with Crippen molar-refractivity contribution in [2.45, 2.75) is 44.1 Å². The highest BCUT2D eigenvalue weighted by molar-refractivity contribution is 6.09. The van der Waals surface area contributed by atoms with Crippen molar-refractivity contribution in [3.63, 3.8) is 0 Å². The number of allylic oxidation sites excluding steroid dienone is 2. The van der Waals surface area contributed by atoms with Crippen LogP contribution in [0, 0.1) is 5.92 Å². The normalized spacial score (nSPS) is 25.4. The number of hydrogen-bond donors (Lipinski definition) is 4. The van der Waals surface area contributed by atoms with Gasteiger partial charge in [0.2, 0.25) is 0 Å². The minimum Gasteiger partial charge on any atom is -0.508 e. The standard InChI is InChI=1S/C21H27NO6/c1-28-21-9-14(18(22)11-20(21)27)4-6-17(25)10-16(24)5-2-13-3-7-19(26)15(8-13)12-23/h2-8,14,18,20-21,23,26-27H,9-12,22H2,1H3/b5-2+,6-4+. The quantitative estimate of drug-likeness (QED) is 0.387. The van der Waals surface area contributed by atoms with Gasteiger partial charge in [-0.3, -0.25) is 9.59 Å². The summed E-state index contributed by atoms with van der Waals surface area (Å²) in [6, 6.07) is 4.33. The first-order chi connectivity index (χ1) is 13.3. The van der Waals surface area contributed by atoms with Crippen molar-refractivity contribution >= 4 is 17.6 Å². The molecule has 5 N–H and O–H groups in total. The van der Waals surface area contributed by atoms with Crippen LogP contribution in [0.2, 0.25) is 0 Å². The van der Waals surface area contributed by atoms with Gasteiger partial charge in [-0.15, -0.1) is 0 Å². The Balaban J connectivity index is 1.90. The van der Waals surface area contributed by atoms with E-state index in [0.29, 0.717) is 24.0 Å². The molecule has 0 aromatic heterocycles. The van der Waals surface area contributed by atoms with Gasteiger partial charge in [0.05, 0.1) is 25.2 Å². The van der Waals surface area contributed by atoms with Crippen LogP contribution in [0.15, 0.2) is 36.4 Å². The molecule has 28 heavy (non-hydrogen) atoms. The molecule has 1 aromatic carbocycles. The zero-order chi connectivity index (χ0) is 20.7. The highest BCUT2D eigenvalue weighted by Crippen LogP contribution is 2.27. The van der Waals surface area contributed by atoms with Gasteiger partial charge in [0.25, 0.3) is 0 Å². The van der Waals surface area contributed by atoms with E-state index >= 15 is 0 Å². The third kappa shape index (κ3) is 6.10. The fourth-order valence-corrected chi connectivity index (χ4v) is 3.23. The van der Waals surface area contributed by atoms with Crippen molar-refractivity contribution < 1.29 is 29.6 Å². The number of aliphatic hydroxyl groups is 2. The van der Waals surface area contributed by atoms with Crippen LogP contribution in [0.3, 0.4) is 0 Å². The molecule has 1 fully saturated rings. The van der Waals surface area contributed by atoms with Crippen LogP contribution in [-0.4, -0.2) is 52.2 Å². The Morgan fingerprint density at radius 3 is 2.64 bits per heavy atom. The number of carbonyl (C=O) groups is 2. The van der Waals surface area contributed by atoms with Gasteiger partial charge in [0.1, 0.15) is 5.75 Å². The molecule has 4 atom stereocenters. The van der Waals surface area contributed by atoms with Gasteiger partial charge >= 0.3 is 0 Å². The van der Waals surface area contributed by atoms with E-state index in [9.17, 15) is 19.8 Å². The number of nitrogens with two attached hydrogens (primary N) is 1. The molecule has 0 heterocycles. The van der Waals surface area contributed by atoms with Crippen molar-refractivity contribution in [1.82, 2.24) is 0 Å². The minimum atomic E-state index is -0.613. The fraction of sp³-hybridized carbons (Fsp3) is 0.429. The average Bonchev–Trinajstić information content (AvgIpc) is 2.66. The highest BCUT2D eigenvalue weighted by Gasteiger charge is 2.33. The number of ether oxygens (including phenoxy) is 1. The minimum absolute atomic E-state index is 0.0181. The van der Waals surface area contributed by atoms with Gasteiger partial charge in [-0.05, 0) is 48.6 Å². The molecule has 0 aliphatic heterocycles. The maximum atomic E-state index is 12.0. The first-order valence-electron chi connectivity index (χ1n) is 9.15. The van der Waals surface area contributed by atoms with E-state index in [1.807, 2.05) is 0 Å². The molecular formula is C21H27NO6. The van der Waals surface area contributed by atoms with Crippen molar-refractivity contribution in [2.24, 2.45) is 11.7 Å². The lowest BCUT2D eigenvalue weighted by Crippen LogP contribution is -2.46. The summed E-state index contributed by atoms with van der Waals surface area (Å²) in [7, 11) is 1.53. The highest BCUT2D eigenvalue weighted by atomic mass is 16.5. The molecule has 4 unspecified atom stereocenters. The largest absolute Gasteiger partial charge is 0.508 e. The van der Waals surface area contributed by atoms with E-state index in [4.69, 9.17) is 15.6 Å². The number of carbonyl (C=O) groups excluding carboxylic acids is 2. The Labute approximate surface area is 164 Å². The van der Waals surface area contributed by atoms with Gasteiger partial charge in [0.15, 0.2) is 11.6 Å². The summed E-state index contributed by atoms with van der Waals surface area (Å²) in [5.41, 5.74) is 7.02. The Bertz CT molecular complexity index is 757. The van der Waals surface area contributed by atoms with Crippen molar-refractivity contribution in [3.05, 3.63) is 47.6 Å². The molecule has 0 saturated heterocycles. The zero-order valence-electron chi connectivity index (χ0n) is 15.8. The van der Waals surface area contributed by atoms with E-state index in [1.54, 1.807) is 18.2 Å². The second-order valence-corrected chi connectivity index (χ2v) is 6.99. The number of rotatable bonds is 8. The van der Waals surface area contributed by atoms with Gasteiger partial charge in [0, 0.05) is 18.7 Å². The average molecular weight is 389 g/mol. The fourth-order valence-electron chi connectivity index (χ4n) is 3.23. The van der Waals surface area contributed by atoms with Crippen LogP contribution < -0.4 is 5.73 Å². The first kappa shape index (κ1) is 22.0. The number of ketones is 2. The lowest BCUT2D eigenvalue weighted by molar-refractivity contribution is -0.121. The summed E-state index contributed by atoms with van der Waals surface area (Å²) in [6.07, 6.45) is 5.59. The zero-order valence-corrected chi connectivity index (χ0v) is 15.8. The lowest BCUT2D eigenvalue weighted by Gasteiger charge is -2.35. The van der Waals surface area contributed by atoms with E-state index in [-0.39, 0.29) is 48.4 Å². The summed E-state index contributed by atoms with van der Waals surface area (Å²) >= 11 is 0. The van der Waals surface area contributed by atoms with Gasteiger partial charge in [-0.1, -0.05) is 18.2 Å². The van der Waals surface area contributed by atoms with Crippen molar-refractivity contribution in [1.29, 1.82) is 0 Å². The number of hydrogen-bond acceptors (Lipinski definition) is 7. The van der Waals surface area contributed by atoms with Crippen molar-refractivity contribution in [3.8, 4) is 5.75 Å². The Morgan fingerprint density at radius 1 is 1.25 bits per heavy atom. The number of phenols is 1. The predicted octanol–water partition coefficient (Wildman–Crippen LogP) is 1.10. The SMILES string of the molecule is COC1CC(/C=C/C(=O)CC(=O)/C=C/c2ccc(O)c(CO)c2)C(N)CC1O. The van der Waals surface area contributed by atoms with Crippen LogP contribution in [0.1, 0.15) is 30.4 Å². The molecule has 1 aliphatic rings. The Morgan fingerprint density at radius 2 is 1.96 bits per heavy atom. The first-order valence-corrected chi connectivity index (χ1v) is 9.15. The molecule has 2 rings (SSSR count). The van der Waals surface area contributed by atoms with Crippen molar-refractivity contribution in [2.75, 3.05) is 7.11 Å². The number of benzene rings is 1. The molecular weight excluding hydrogens is 362 g/mol. The number of methoxy groups -OCH3 is 1. The summed E-state index contributed by atoms with van der Waals surface area (Å²) in [4.78, 5) is 24.0. The van der Waals surface area contributed by atoms with Crippen LogP contribution in [0.5, 0.6) is 5.75 Å². The van der Waals surface area contributed by atoms with Crippen LogP contribution in [0.4, 0.5) is 0 Å². The monoisotopic (exact) mass is 389 g/mol. The number of aromatic hydroxyl groups is 1. The van der Waals surface area contributed by atoms with Crippen LogP contribution in [0.25, 0.3) is 6.08 Å². The maximum Gasteiger partial charge on any atom is 0.163 e. The molecule has 0 bridgehead atoms. The Hall–Kier alpha value is -2.32. The summed E-state index contributed by atoms with van der Waals surface area (Å²) < 4.78 is 5.23. The van der Waals surface area contributed by atoms with E-state index in [1.165, 1.54) is 31.4 Å². The Kier molecular flexibility index (Phi) is 8.07. The predicted molar refractivity (Wildman–Crippen MR) is 104 cm³/mol. The van der Waals surface area contributed by atoms with E-state index in [2.05, 4.69) is 0 Å². The molecule has 7 nitrogen and oxygen atoms in total. The van der Waals surface area contributed by atoms with E-state index < -0.39 is 6.10 Å². The summed E-state index contributed by atoms with van der Waals surface area (Å²) in [5.74, 6) is -0.803. The molecule has 0 radical (unpaired) electrons.